The number of hydrogen-bond acceptors (Lipinski definition) is 2. The van der Waals surface area contributed by atoms with Crippen LogP contribution in [0.1, 0.15) is 41.6 Å². The molecule has 0 radical (unpaired) electrons. The van der Waals surface area contributed by atoms with Crippen LogP contribution in [0.3, 0.4) is 0 Å². The number of aryl methyl sites for hydroxylation is 2. The van der Waals surface area contributed by atoms with Crippen LogP contribution in [0.5, 0.6) is 0 Å². The summed E-state index contributed by atoms with van der Waals surface area (Å²) in [6.07, 6.45) is 7.36. The minimum atomic E-state index is 0.232. The van der Waals surface area contributed by atoms with Crippen molar-refractivity contribution in [1.82, 2.24) is 19.2 Å². The molecule has 1 saturated carbocycles. The Balaban J connectivity index is 1.57. The van der Waals surface area contributed by atoms with Crippen molar-refractivity contribution in [2.45, 2.75) is 46.2 Å². The first kappa shape index (κ1) is 16.4. The van der Waals surface area contributed by atoms with E-state index in [0.717, 1.165) is 35.6 Å². The number of hydrogen-bond donors (Lipinski definition) is 0. The van der Waals surface area contributed by atoms with Crippen LogP contribution in [0, 0.1) is 19.8 Å². The minimum Gasteiger partial charge on any atom is -0.332 e. The standard InChI is InChI=1S/C22H24N4O/c1-15-8-9-18(12-16(15)2)26-21(24-10-3-4-11-24)19-13-25(14-20(19)23-26)22(27)17-6-5-7-17/h3-4,8-12,17H,5-7,13-14H2,1-2H3. The van der Waals surface area contributed by atoms with Crippen LogP contribution in [0.2, 0.25) is 0 Å². The smallest absolute Gasteiger partial charge is 0.226 e. The van der Waals surface area contributed by atoms with Gasteiger partial charge in [-0.05, 0) is 62.1 Å². The van der Waals surface area contributed by atoms with Gasteiger partial charge < -0.3 is 9.47 Å². The molecule has 1 fully saturated rings. The van der Waals surface area contributed by atoms with Crippen LogP contribution in [0.15, 0.2) is 42.7 Å². The summed E-state index contributed by atoms with van der Waals surface area (Å²) in [5, 5.41) is 4.93. The molecule has 0 bridgehead atoms. The molecule has 0 saturated heterocycles. The predicted octanol–water partition coefficient (Wildman–Crippen LogP) is 3.92. The Hall–Kier alpha value is -2.82. The number of fused-ring (bicyclic) bond motifs is 1. The Morgan fingerprint density at radius 3 is 2.52 bits per heavy atom. The topological polar surface area (TPSA) is 43.1 Å². The molecule has 0 atom stereocenters. The van der Waals surface area contributed by atoms with E-state index in [-0.39, 0.29) is 5.92 Å². The van der Waals surface area contributed by atoms with Gasteiger partial charge in [-0.2, -0.15) is 5.10 Å². The summed E-state index contributed by atoms with van der Waals surface area (Å²) in [6.45, 7) is 5.53. The highest BCUT2D eigenvalue weighted by molar-refractivity contribution is 5.80. The summed E-state index contributed by atoms with van der Waals surface area (Å²) in [6, 6.07) is 10.5. The number of nitrogens with zero attached hydrogens (tertiary/aromatic N) is 4. The van der Waals surface area contributed by atoms with E-state index in [1.165, 1.54) is 17.5 Å². The lowest BCUT2D eigenvalue weighted by atomic mass is 9.84. The highest BCUT2D eigenvalue weighted by atomic mass is 16.2. The summed E-state index contributed by atoms with van der Waals surface area (Å²) < 4.78 is 4.14. The van der Waals surface area contributed by atoms with Crippen molar-refractivity contribution in [3.63, 3.8) is 0 Å². The van der Waals surface area contributed by atoms with Crippen LogP contribution < -0.4 is 0 Å². The third-order valence-electron chi connectivity index (χ3n) is 6.08. The molecule has 0 unspecified atom stereocenters. The van der Waals surface area contributed by atoms with Gasteiger partial charge in [-0.3, -0.25) is 4.79 Å². The van der Waals surface area contributed by atoms with E-state index in [2.05, 4.69) is 36.6 Å². The first-order valence-corrected chi connectivity index (χ1v) is 9.72. The quantitative estimate of drug-likeness (QED) is 0.710. The van der Waals surface area contributed by atoms with E-state index in [9.17, 15) is 4.79 Å². The van der Waals surface area contributed by atoms with Gasteiger partial charge in [-0.25, -0.2) is 4.68 Å². The van der Waals surface area contributed by atoms with Gasteiger partial charge in [0.15, 0.2) is 0 Å². The molecule has 0 N–H and O–H groups in total. The predicted molar refractivity (Wildman–Crippen MR) is 104 cm³/mol. The Morgan fingerprint density at radius 1 is 1.07 bits per heavy atom. The fourth-order valence-corrected chi connectivity index (χ4v) is 4.05. The zero-order valence-corrected chi connectivity index (χ0v) is 15.9. The van der Waals surface area contributed by atoms with E-state index >= 15 is 0 Å². The molecular weight excluding hydrogens is 336 g/mol. The van der Waals surface area contributed by atoms with Crippen molar-refractivity contribution in [3.05, 3.63) is 65.1 Å². The third-order valence-corrected chi connectivity index (χ3v) is 6.08. The van der Waals surface area contributed by atoms with Gasteiger partial charge in [-0.15, -0.1) is 0 Å². The van der Waals surface area contributed by atoms with Crippen LogP contribution in [0.25, 0.3) is 11.5 Å². The number of rotatable bonds is 3. The number of carbonyl (C=O) groups excluding carboxylic acids is 1. The summed E-state index contributed by atoms with van der Waals surface area (Å²) in [5.74, 6) is 1.58. The van der Waals surface area contributed by atoms with Gasteiger partial charge in [0, 0.05) is 23.9 Å². The van der Waals surface area contributed by atoms with Gasteiger partial charge in [0.2, 0.25) is 5.91 Å². The minimum absolute atomic E-state index is 0.232. The van der Waals surface area contributed by atoms with Gasteiger partial charge in [0.05, 0.1) is 24.5 Å². The molecule has 5 heteroatoms. The molecule has 3 aromatic rings. The first-order chi connectivity index (χ1) is 13.1. The fraction of sp³-hybridized carbons (Fsp3) is 0.364. The van der Waals surface area contributed by atoms with Crippen molar-refractivity contribution in [1.29, 1.82) is 0 Å². The monoisotopic (exact) mass is 360 g/mol. The second-order valence-corrected chi connectivity index (χ2v) is 7.84. The maximum Gasteiger partial charge on any atom is 0.226 e. The normalized spacial score (nSPS) is 16.4. The fourth-order valence-electron chi connectivity index (χ4n) is 4.05. The molecule has 1 aliphatic heterocycles. The van der Waals surface area contributed by atoms with Gasteiger partial charge in [0.25, 0.3) is 0 Å². The number of carbonyl (C=O) groups is 1. The van der Waals surface area contributed by atoms with E-state index in [1.54, 1.807) is 0 Å². The number of benzene rings is 1. The second-order valence-electron chi connectivity index (χ2n) is 7.84. The van der Waals surface area contributed by atoms with E-state index in [1.807, 2.05) is 34.1 Å². The Bertz CT molecular complexity index is 1010. The average molecular weight is 360 g/mol. The summed E-state index contributed by atoms with van der Waals surface area (Å²) in [7, 11) is 0. The molecule has 1 aliphatic carbocycles. The molecule has 3 heterocycles. The van der Waals surface area contributed by atoms with Crippen molar-refractivity contribution >= 4 is 5.91 Å². The van der Waals surface area contributed by atoms with Crippen LogP contribution >= 0.6 is 0 Å². The van der Waals surface area contributed by atoms with Gasteiger partial charge in [-0.1, -0.05) is 12.5 Å². The Labute approximate surface area is 159 Å². The maximum absolute atomic E-state index is 12.7. The molecular formula is C22H24N4O. The van der Waals surface area contributed by atoms with Gasteiger partial charge >= 0.3 is 0 Å². The first-order valence-electron chi connectivity index (χ1n) is 9.72. The SMILES string of the molecule is Cc1ccc(-n2nc3c(c2-n2cccc2)CN(C(=O)C2CCC2)C3)cc1C. The van der Waals surface area contributed by atoms with Crippen LogP contribution in [-0.2, 0) is 17.9 Å². The molecule has 1 aromatic carbocycles. The van der Waals surface area contributed by atoms with Crippen LogP contribution in [-0.4, -0.2) is 25.2 Å². The number of aromatic nitrogens is 3. The molecule has 5 rings (SSSR count). The summed E-state index contributed by atoms with van der Waals surface area (Å²) >= 11 is 0. The lowest BCUT2D eigenvalue weighted by molar-refractivity contribution is -0.138. The molecule has 27 heavy (non-hydrogen) atoms. The maximum atomic E-state index is 12.7. The summed E-state index contributed by atoms with van der Waals surface area (Å²) in [4.78, 5) is 14.7. The largest absolute Gasteiger partial charge is 0.332 e. The van der Waals surface area contributed by atoms with Crippen molar-refractivity contribution in [3.8, 4) is 11.5 Å². The van der Waals surface area contributed by atoms with E-state index < -0.39 is 0 Å². The lowest BCUT2D eigenvalue weighted by Crippen LogP contribution is -2.35. The molecule has 1 amide bonds. The third kappa shape index (κ3) is 2.60. The highest BCUT2D eigenvalue weighted by Gasteiger charge is 2.36. The molecule has 138 valence electrons. The van der Waals surface area contributed by atoms with E-state index in [4.69, 9.17) is 5.10 Å². The van der Waals surface area contributed by atoms with Crippen molar-refractivity contribution < 1.29 is 4.79 Å². The highest BCUT2D eigenvalue weighted by Crippen LogP contribution is 2.35. The van der Waals surface area contributed by atoms with Crippen molar-refractivity contribution in [2.75, 3.05) is 0 Å². The lowest BCUT2D eigenvalue weighted by Gasteiger charge is -2.29. The van der Waals surface area contributed by atoms with Crippen molar-refractivity contribution in [2.24, 2.45) is 5.92 Å². The average Bonchev–Trinajstić information content (AvgIpc) is 3.30. The molecule has 0 spiro atoms. The number of amides is 1. The zero-order chi connectivity index (χ0) is 18.5. The zero-order valence-electron chi connectivity index (χ0n) is 15.9. The van der Waals surface area contributed by atoms with Gasteiger partial charge in [0.1, 0.15) is 5.82 Å². The molecule has 2 aliphatic rings. The molecule has 5 nitrogen and oxygen atoms in total. The molecule has 2 aromatic heterocycles. The van der Waals surface area contributed by atoms with Crippen LogP contribution in [0.4, 0.5) is 0 Å². The Kier molecular flexibility index (Phi) is 3.71. The van der Waals surface area contributed by atoms with E-state index in [0.29, 0.717) is 19.0 Å². The second kappa shape index (κ2) is 6.12. The summed E-state index contributed by atoms with van der Waals surface area (Å²) in [5.41, 5.74) is 5.77. The Morgan fingerprint density at radius 2 is 1.85 bits per heavy atom.